The molecular formula is C10H20N2O2. The van der Waals surface area contributed by atoms with Crippen LogP contribution in [-0.2, 0) is 4.79 Å². The lowest BCUT2D eigenvalue weighted by Crippen LogP contribution is -2.35. The first-order valence-electron chi connectivity index (χ1n) is 5.40. The first kappa shape index (κ1) is 11.5. The van der Waals surface area contributed by atoms with Gasteiger partial charge in [0.05, 0.1) is 6.10 Å². The van der Waals surface area contributed by atoms with Crippen molar-refractivity contribution < 1.29 is 9.90 Å². The molecule has 0 heterocycles. The summed E-state index contributed by atoms with van der Waals surface area (Å²) in [6.45, 7) is 3.94. The fraction of sp³-hybridized carbons (Fsp3) is 0.900. The number of rotatable bonds is 7. The minimum absolute atomic E-state index is 0.183. The Bertz CT molecular complexity index is 181. The van der Waals surface area contributed by atoms with Crippen LogP contribution in [0.5, 0.6) is 0 Å². The average Bonchev–Trinajstić information content (AvgIpc) is 2.99. The standard InChI is InChI=1S/C10H20N2O2/c1-2-9(13)7-11-5-6-12-10(14)8-3-4-8/h8-9,11,13H,2-7H2,1H3,(H,12,14). The lowest BCUT2D eigenvalue weighted by Gasteiger charge is -2.09. The highest BCUT2D eigenvalue weighted by Gasteiger charge is 2.28. The monoisotopic (exact) mass is 200 g/mol. The van der Waals surface area contributed by atoms with Gasteiger partial charge in [-0.25, -0.2) is 0 Å². The lowest BCUT2D eigenvalue weighted by molar-refractivity contribution is -0.122. The Morgan fingerprint density at radius 2 is 2.21 bits per heavy atom. The van der Waals surface area contributed by atoms with Gasteiger partial charge in [0.25, 0.3) is 0 Å². The Hall–Kier alpha value is -0.610. The molecule has 1 fully saturated rings. The SMILES string of the molecule is CCC(O)CNCCNC(=O)C1CC1. The normalized spacial score (nSPS) is 17.9. The second-order valence-electron chi connectivity index (χ2n) is 3.83. The molecule has 1 amide bonds. The molecular weight excluding hydrogens is 180 g/mol. The molecule has 14 heavy (non-hydrogen) atoms. The van der Waals surface area contributed by atoms with Crippen molar-refractivity contribution >= 4 is 5.91 Å². The van der Waals surface area contributed by atoms with E-state index < -0.39 is 0 Å². The van der Waals surface area contributed by atoms with Crippen molar-refractivity contribution in [2.45, 2.75) is 32.3 Å². The van der Waals surface area contributed by atoms with Crippen molar-refractivity contribution in [3.63, 3.8) is 0 Å². The fourth-order valence-electron chi connectivity index (χ4n) is 1.18. The molecule has 1 atom stereocenters. The van der Waals surface area contributed by atoms with Crippen LogP contribution in [0.15, 0.2) is 0 Å². The van der Waals surface area contributed by atoms with Crippen LogP contribution in [0, 0.1) is 5.92 Å². The molecule has 1 aliphatic carbocycles. The third-order valence-corrected chi connectivity index (χ3v) is 2.40. The number of nitrogens with one attached hydrogen (secondary N) is 2. The van der Waals surface area contributed by atoms with E-state index in [-0.39, 0.29) is 17.9 Å². The summed E-state index contributed by atoms with van der Waals surface area (Å²) < 4.78 is 0. The van der Waals surface area contributed by atoms with E-state index in [1.165, 1.54) is 0 Å². The molecule has 0 radical (unpaired) electrons. The Labute approximate surface area is 85.1 Å². The molecule has 0 saturated heterocycles. The highest BCUT2D eigenvalue weighted by atomic mass is 16.3. The number of aliphatic hydroxyl groups excluding tert-OH is 1. The molecule has 4 heteroatoms. The summed E-state index contributed by atoms with van der Waals surface area (Å²) in [4.78, 5) is 11.2. The molecule has 0 aromatic heterocycles. The first-order chi connectivity index (χ1) is 6.74. The summed E-state index contributed by atoms with van der Waals surface area (Å²) in [5, 5.41) is 15.2. The van der Waals surface area contributed by atoms with E-state index in [0.29, 0.717) is 13.1 Å². The molecule has 0 aliphatic heterocycles. The van der Waals surface area contributed by atoms with Crippen molar-refractivity contribution in [3.05, 3.63) is 0 Å². The molecule has 3 N–H and O–H groups in total. The zero-order valence-corrected chi connectivity index (χ0v) is 8.75. The van der Waals surface area contributed by atoms with Crippen LogP contribution in [0.4, 0.5) is 0 Å². The Kier molecular flexibility index (Phi) is 4.90. The number of carbonyl (C=O) groups excluding carboxylic acids is 1. The van der Waals surface area contributed by atoms with E-state index in [2.05, 4.69) is 10.6 Å². The molecule has 0 aromatic rings. The van der Waals surface area contributed by atoms with Crippen LogP contribution < -0.4 is 10.6 Å². The van der Waals surface area contributed by atoms with E-state index in [1.807, 2.05) is 6.92 Å². The molecule has 82 valence electrons. The van der Waals surface area contributed by atoms with Gasteiger partial charge in [0.1, 0.15) is 0 Å². The summed E-state index contributed by atoms with van der Waals surface area (Å²) in [5.74, 6) is 0.471. The zero-order valence-electron chi connectivity index (χ0n) is 8.75. The maximum atomic E-state index is 11.2. The molecule has 1 rings (SSSR count). The summed E-state index contributed by atoms with van der Waals surface area (Å²) in [6, 6.07) is 0. The summed E-state index contributed by atoms with van der Waals surface area (Å²) in [5.41, 5.74) is 0. The second-order valence-corrected chi connectivity index (χ2v) is 3.83. The van der Waals surface area contributed by atoms with Gasteiger partial charge in [-0.1, -0.05) is 6.92 Å². The predicted molar refractivity (Wildman–Crippen MR) is 54.9 cm³/mol. The van der Waals surface area contributed by atoms with Crippen LogP contribution in [-0.4, -0.2) is 36.8 Å². The van der Waals surface area contributed by atoms with Gasteiger partial charge in [-0.15, -0.1) is 0 Å². The molecule has 1 saturated carbocycles. The topological polar surface area (TPSA) is 61.4 Å². The molecule has 4 nitrogen and oxygen atoms in total. The van der Waals surface area contributed by atoms with E-state index >= 15 is 0 Å². The summed E-state index contributed by atoms with van der Waals surface area (Å²) in [7, 11) is 0. The third-order valence-electron chi connectivity index (χ3n) is 2.40. The molecule has 0 spiro atoms. The van der Waals surface area contributed by atoms with Crippen molar-refractivity contribution in [2.24, 2.45) is 5.92 Å². The maximum Gasteiger partial charge on any atom is 0.223 e. The van der Waals surface area contributed by atoms with Crippen molar-refractivity contribution in [2.75, 3.05) is 19.6 Å². The van der Waals surface area contributed by atoms with Crippen LogP contribution >= 0.6 is 0 Å². The number of hydrogen-bond acceptors (Lipinski definition) is 3. The largest absolute Gasteiger partial charge is 0.392 e. The van der Waals surface area contributed by atoms with Crippen LogP contribution in [0.25, 0.3) is 0 Å². The van der Waals surface area contributed by atoms with Gasteiger partial charge in [0.2, 0.25) is 5.91 Å². The number of aliphatic hydroxyl groups is 1. The minimum atomic E-state index is -0.269. The number of amides is 1. The Balaban J connectivity index is 1.86. The fourth-order valence-corrected chi connectivity index (χ4v) is 1.18. The molecule has 1 aliphatic rings. The van der Waals surface area contributed by atoms with Gasteiger partial charge in [0, 0.05) is 25.6 Å². The molecule has 1 unspecified atom stereocenters. The van der Waals surface area contributed by atoms with E-state index in [4.69, 9.17) is 0 Å². The Morgan fingerprint density at radius 3 is 2.79 bits per heavy atom. The van der Waals surface area contributed by atoms with Crippen molar-refractivity contribution in [3.8, 4) is 0 Å². The highest BCUT2D eigenvalue weighted by molar-refractivity contribution is 5.80. The maximum absolute atomic E-state index is 11.2. The van der Waals surface area contributed by atoms with Crippen LogP contribution in [0.3, 0.4) is 0 Å². The van der Waals surface area contributed by atoms with Gasteiger partial charge >= 0.3 is 0 Å². The summed E-state index contributed by atoms with van der Waals surface area (Å²) >= 11 is 0. The predicted octanol–water partition coefficient (Wildman–Crippen LogP) is -0.127. The Morgan fingerprint density at radius 1 is 1.50 bits per heavy atom. The molecule has 0 bridgehead atoms. The van der Waals surface area contributed by atoms with Crippen LogP contribution in [0.1, 0.15) is 26.2 Å². The molecule has 0 aromatic carbocycles. The quantitative estimate of drug-likeness (QED) is 0.502. The average molecular weight is 200 g/mol. The van der Waals surface area contributed by atoms with E-state index in [1.54, 1.807) is 0 Å². The van der Waals surface area contributed by atoms with Crippen molar-refractivity contribution in [1.82, 2.24) is 10.6 Å². The van der Waals surface area contributed by atoms with Gasteiger partial charge in [0.15, 0.2) is 0 Å². The highest BCUT2D eigenvalue weighted by Crippen LogP contribution is 2.28. The minimum Gasteiger partial charge on any atom is -0.392 e. The number of carbonyl (C=O) groups is 1. The van der Waals surface area contributed by atoms with Gasteiger partial charge in [-0.05, 0) is 19.3 Å². The first-order valence-corrected chi connectivity index (χ1v) is 5.40. The van der Waals surface area contributed by atoms with Gasteiger partial charge in [-0.2, -0.15) is 0 Å². The van der Waals surface area contributed by atoms with E-state index in [0.717, 1.165) is 25.8 Å². The van der Waals surface area contributed by atoms with Gasteiger partial charge < -0.3 is 15.7 Å². The zero-order chi connectivity index (χ0) is 10.4. The smallest absolute Gasteiger partial charge is 0.223 e. The number of hydrogen-bond donors (Lipinski definition) is 3. The lowest BCUT2D eigenvalue weighted by atomic mass is 10.3. The van der Waals surface area contributed by atoms with E-state index in [9.17, 15) is 9.90 Å². The van der Waals surface area contributed by atoms with Crippen molar-refractivity contribution in [1.29, 1.82) is 0 Å². The van der Waals surface area contributed by atoms with Gasteiger partial charge in [-0.3, -0.25) is 4.79 Å². The van der Waals surface area contributed by atoms with Crippen LogP contribution in [0.2, 0.25) is 0 Å². The summed E-state index contributed by atoms with van der Waals surface area (Å²) in [6.07, 6.45) is 2.59. The third kappa shape index (κ3) is 4.58. The second kappa shape index (κ2) is 5.98.